The third-order valence-electron chi connectivity index (χ3n) is 3.76. The quantitative estimate of drug-likeness (QED) is 0.813. The first-order valence-electron chi connectivity index (χ1n) is 6.38. The lowest BCUT2D eigenvalue weighted by atomic mass is 9.91. The Morgan fingerprint density at radius 2 is 1.84 bits per heavy atom. The van der Waals surface area contributed by atoms with Crippen LogP contribution in [0, 0.1) is 13.8 Å². The molecule has 19 heavy (non-hydrogen) atoms. The van der Waals surface area contributed by atoms with Crippen molar-refractivity contribution in [2.45, 2.75) is 52.6 Å². The van der Waals surface area contributed by atoms with E-state index in [1.807, 2.05) is 33.8 Å². The normalized spacial score (nSPS) is 21.5. The van der Waals surface area contributed by atoms with Crippen LogP contribution in [0.5, 0.6) is 0 Å². The van der Waals surface area contributed by atoms with Crippen molar-refractivity contribution >= 4 is 5.57 Å². The van der Waals surface area contributed by atoms with Gasteiger partial charge in [-0.15, -0.1) is 0 Å². The molecule has 1 aromatic rings. The highest BCUT2D eigenvalue weighted by atomic mass is 16.5. The van der Waals surface area contributed by atoms with Gasteiger partial charge in [-0.1, -0.05) is 6.08 Å². The molecule has 1 aliphatic rings. The van der Waals surface area contributed by atoms with Crippen molar-refractivity contribution in [3.8, 4) is 0 Å². The maximum atomic E-state index is 11.9. The summed E-state index contributed by atoms with van der Waals surface area (Å²) in [5, 5.41) is 11.6. The largest absolute Gasteiger partial charge is 0.312 e. The van der Waals surface area contributed by atoms with E-state index < -0.39 is 11.1 Å². The summed E-state index contributed by atoms with van der Waals surface area (Å²) in [4.78, 5) is 19.0. The van der Waals surface area contributed by atoms with Crippen molar-refractivity contribution in [3.63, 3.8) is 0 Å². The van der Waals surface area contributed by atoms with Gasteiger partial charge in [-0.25, -0.2) is 4.98 Å². The minimum absolute atomic E-state index is 0.131. The summed E-state index contributed by atoms with van der Waals surface area (Å²) in [5.41, 5.74) is 0.928. The molecular weight excluding hydrogens is 242 g/mol. The number of hydroxylamine groups is 2. The second kappa shape index (κ2) is 4.02. The fraction of sp³-hybridized carbons (Fsp3) is 0.571. The summed E-state index contributed by atoms with van der Waals surface area (Å²) >= 11 is 0. The highest BCUT2D eigenvalue weighted by molar-refractivity contribution is 5.75. The van der Waals surface area contributed by atoms with Crippen LogP contribution in [0.15, 0.2) is 10.9 Å². The summed E-state index contributed by atoms with van der Waals surface area (Å²) in [5.74, 6) is 0.580. The Kier molecular flexibility index (Phi) is 2.95. The van der Waals surface area contributed by atoms with E-state index in [1.165, 1.54) is 5.06 Å². The van der Waals surface area contributed by atoms with Crippen molar-refractivity contribution in [3.05, 3.63) is 33.5 Å². The van der Waals surface area contributed by atoms with Crippen molar-refractivity contribution < 1.29 is 5.21 Å². The molecule has 0 bridgehead atoms. The molecule has 0 saturated heterocycles. The average Bonchev–Trinajstić information content (AvgIpc) is 2.44. The Bertz CT molecular complexity index is 612. The van der Waals surface area contributed by atoms with Gasteiger partial charge in [0.2, 0.25) is 0 Å². The predicted octanol–water partition coefficient (Wildman–Crippen LogP) is 2.03. The van der Waals surface area contributed by atoms with E-state index in [4.69, 9.17) is 0 Å². The van der Waals surface area contributed by atoms with E-state index in [0.717, 1.165) is 5.57 Å². The molecule has 0 radical (unpaired) electrons. The molecule has 0 unspecified atom stereocenters. The van der Waals surface area contributed by atoms with Crippen LogP contribution in [-0.2, 0) is 0 Å². The van der Waals surface area contributed by atoms with E-state index in [-0.39, 0.29) is 5.56 Å². The first-order chi connectivity index (χ1) is 8.57. The third kappa shape index (κ3) is 2.03. The van der Waals surface area contributed by atoms with Crippen LogP contribution in [0.25, 0.3) is 5.57 Å². The fourth-order valence-corrected chi connectivity index (χ4v) is 2.69. The van der Waals surface area contributed by atoms with Gasteiger partial charge in [0.05, 0.1) is 16.8 Å². The van der Waals surface area contributed by atoms with Crippen LogP contribution in [0.3, 0.4) is 0 Å². The molecule has 104 valence electrons. The monoisotopic (exact) mass is 263 g/mol. The maximum absolute atomic E-state index is 11.9. The van der Waals surface area contributed by atoms with Crippen LogP contribution in [0.4, 0.5) is 0 Å². The number of aromatic nitrogens is 2. The summed E-state index contributed by atoms with van der Waals surface area (Å²) in [7, 11) is 0. The molecule has 5 nitrogen and oxygen atoms in total. The van der Waals surface area contributed by atoms with Crippen molar-refractivity contribution in [1.29, 1.82) is 0 Å². The van der Waals surface area contributed by atoms with Crippen molar-refractivity contribution in [1.82, 2.24) is 15.0 Å². The molecule has 2 heterocycles. The van der Waals surface area contributed by atoms with Crippen molar-refractivity contribution in [2.24, 2.45) is 0 Å². The van der Waals surface area contributed by atoms with Gasteiger partial charge in [-0.05, 0) is 47.1 Å². The van der Waals surface area contributed by atoms with E-state index in [2.05, 4.69) is 9.97 Å². The van der Waals surface area contributed by atoms with E-state index in [9.17, 15) is 10.0 Å². The van der Waals surface area contributed by atoms with Gasteiger partial charge in [0.25, 0.3) is 5.56 Å². The Hall–Kier alpha value is -1.46. The molecule has 1 aromatic heterocycles. The van der Waals surface area contributed by atoms with Gasteiger partial charge in [-0.3, -0.25) is 4.79 Å². The molecular formula is C14H21N3O2. The number of nitrogens with zero attached hydrogens (tertiary/aromatic N) is 2. The zero-order chi connectivity index (χ0) is 14.6. The minimum atomic E-state index is -0.582. The molecule has 0 aromatic carbocycles. The number of hydrogen-bond acceptors (Lipinski definition) is 4. The smallest absolute Gasteiger partial charge is 0.254 e. The number of hydrogen-bond donors (Lipinski definition) is 2. The Morgan fingerprint density at radius 1 is 1.26 bits per heavy atom. The zero-order valence-corrected chi connectivity index (χ0v) is 12.3. The molecule has 1 aliphatic heterocycles. The molecule has 0 fully saturated rings. The van der Waals surface area contributed by atoms with Crippen LogP contribution in [0.1, 0.15) is 44.8 Å². The Morgan fingerprint density at radius 3 is 2.32 bits per heavy atom. The lowest BCUT2D eigenvalue weighted by Gasteiger charge is -2.36. The van der Waals surface area contributed by atoms with Crippen molar-refractivity contribution in [2.75, 3.05) is 0 Å². The molecule has 2 N–H and O–H groups in total. The SMILES string of the molecule is Cc1nc(C2=CC(C)(C)N(O)C2(C)C)c(C)c(=O)[nH]1. The summed E-state index contributed by atoms with van der Waals surface area (Å²) in [6, 6.07) is 0. The van der Waals surface area contributed by atoms with Gasteiger partial charge < -0.3 is 10.2 Å². The van der Waals surface area contributed by atoms with Gasteiger partial charge in [0, 0.05) is 5.56 Å². The summed E-state index contributed by atoms with van der Waals surface area (Å²) in [6.07, 6.45) is 1.97. The molecule has 0 amide bonds. The number of aromatic amines is 1. The first-order valence-corrected chi connectivity index (χ1v) is 6.38. The number of aryl methyl sites for hydroxylation is 1. The van der Waals surface area contributed by atoms with E-state index >= 15 is 0 Å². The maximum Gasteiger partial charge on any atom is 0.254 e. The topological polar surface area (TPSA) is 69.2 Å². The highest BCUT2D eigenvalue weighted by Gasteiger charge is 2.46. The highest BCUT2D eigenvalue weighted by Crippen LogP contribution is 2.43. The molecule has 5 heteroatoms. The van der Waals surface area contributed by atoms with Crippen LogP contribution in [0.2, 0.25) is 0 Å². The van der Waals surface area contributed by atoms with Gasteiger partial charge in [0.15, 0.2) is 0 Å². The summed E-state index contributed by atoms with van der Waals surface area (Å²) in [6.45, 7) is 11.2. The van der Waals surface area contributed by atoms with E-state index in [0.29, 0.717) is 17.1 Å². The zero-order valence-electron chi connectivity index (χ0n) is 12.3. The average molecular weight is 263 g/mol. The van der Waals surface area contributed by atoms with Gasteiger partial charge in [0.1, 0.15) is 5.82 Å². The molecule has 0 aliphatic carbocycles. The number of rotatable bonds is 1. The molecule has 2 rings (SSSR count). The summed E-state index contributed by atoms with van der Waals surface area (Å²) < 4.78 is 0. The van der Waals surface area contributed by atoms with E-state index in [1.54, 1.807) is 13.8 Å². The number of nitrogens with one attached hydrogen (secondary N) is 1. The molecule has 0 atom stereocenters. The van der Waals surface area contributed by atoms with Crippen LogP contribution in [-0.4, -0.2) is 31.3 Å². The first kappa shape index (κ1) is 14.0. The molecule has 0 saturated carbocycles. The fourth-order valence-electron chi connectivity index (χ4n) is 2.69. The number of H-pyrrole nitrogens is 1. The third-order valence-corrected chi connectivity index (χ3v) is 3.76. The second-order valence-corrected chi connectivity index (χ2v) is 6.21. The van der Waals surface area contributed by atoms with Crippen LogP contribution < -0.4 is 5.56 Å². The Labute approximate surface area is 112 Å². The predicted molar refractivity (Wildman–Crippen MR) is 74.1 cm³/mol. The Balaban J connectivity index is 2.70. The van der Waals surface area contributed by atoms with Gasteiger partial charge in [-0.2, -0.15) is 5.06 Å². The lowest BCUT2D eigenvalue weighted by Crippen LogP contribution is -2.47. The molecule has 0 spiro atoms. The second-order valence-electron chi connectivity index (χ2n) is 6.21. The standard InChI is InChI=1S/C14H21N3O2/c1-8-11(15-9(2)16-12(8)18)10-7-13(3,4)17(19)14(10,5)6/h7,19H,1-6H3,(H,15,16,18). The minimum Gasteiger partial charge on any atom is -0.312 e. The lowest BCUT2D eigenvalue weighted by molar-refractivity contribution is -0.180. The van der Waals surface area contributed by atoms with Crippen LogP contribution >= 0.6 is 0 Å². The van der Waals surface area contributed by atoms with Gasteiger partial charge >= 0.3 is 0 Å².